The molecule has 132 valence electrons. The molecular weight excluding hydrogens is 367 g/mol. The summed E-state index contributed by atoms with van der Waals surface area (Å²) < 4.78 is 5.77. The summed E-state index contributed by atoms with van der Waals surface area (Å²) in [6, 6.07) is 23.1. The maximum Gasteiger partial charge on any atom is 0.119 e. The third-order valence-electron chi connectivity index (χ3n) is 3.73. The van der Waals surface area contributed by atoms with Gasteiger partial charge in [0.15, 0.2) is 0 Å². The molecule has 0 aliphatic rings. The van der Waals surface area contributed by atoms with E-state index in [1.807, 2.05) is 72.8 Å². The number of ether oxygens (including phenoxy) is 1. The maximum atomic E-state index is 6.13. The van der Waals surface area contributed by atoms with Crippen LogP contribution in [0, 0.1) is 0 Å². The van der Waals surface area contributed by atoms with Gasteiger partial charge < -0.3 is 10.2 Å². The molecule has 5 heteroatoms. The molecule has 0 heterocycles. The zero-order valence-electron chi connectivity index (χ0n) is 14.0. The molecule has 3 aromatic carbocycles. The summed E-state index contributed by atoms with van der Waals surface area (Å²) in [5.41, 5.74) is 6.09. The van der Waals surface area contributed by atoms with Gasteiger partial charge in [-0.2, -0.15) is 5.10 Å². The molecule has 3 aromatic rings. The van der Waals surface area contributed by atoms with Crippen LogP contribution in [0.3, 0.4) is 0 Å². The van der Waals surface area contributed by atoms with E-state index in [9.17, 15) is 0 Å². The maximum absolute atomic E-state index is 6.13. The Bertz CT molecular complexity index is 862. The average molecular weight is 385 g/mol. The Morgan fingerprint density at radius 2 is 1.62 bits per heavy atom. The number of benzene rings is 3. The van der Waals surface area contributed by atoms with Crippen molar-refractivity contribution in [1.82, 2.24) is 5.43 Å². The molecule has 3 rings (SSSR count). The zero-order valence-corrected chi connectivity index (χ0v) is 15.5. The summed E-state index contributed by atoms with van der Waals surface area (Å²) in [6.45, 7) is 1.09. The number of nitrogens with zero attached hydrogens (tertiary/aromatic N) is 1. The van der Waals surface area contributed by atoms with Crippen LogP contribution >= 0.6 is 23.2 Å². The lowest BCUT2D eigenvalue weighted by molar-refractivity contribution is 0.306. The van der Waals surface area contributed by atoms with Crippen LogP contribution in [0.15, 0.2) is 77.9 Å². The lowest BCUT2D eigenvalue weighted by Crippen LogP contribution is -2.05. The average Bonchev–Trinajstić information content (AvgIpc) is 2.67. The van der Waals surface area contributed by atoms with E-state index in [-0.39, 0.29) is 0 Å². The molecule has 26 heavy (non-hydrogen) atoms. The van der Waals surface area contributed by atoms with Crippen molar-refractivity contribution in [3.8, 4) is 5.75 Å². The summed E-state index contributed by atoms with van der Waals surface area (Å²) in [6.07, 6.45) is 1.77. The standard InChI is InChI=1S/C21H18Cl2N2O/c22-19-9-5-16(6-10-19)13-24-25-14-17-7-11-20(12-8-17)26-15-18-3-1-2-4-21(18)23/h1-12,14,24H,13,15H2/b25-14-. The predicted octanol–water partition coefficient (Wildman–Crippen LogP) is 5.70. The number of hydrogen-bond donors (Lipinski definition) is 1. The van der Waals surface area contributed by atoms with E-state index in [1.165, 1.54) is 0 Å². The number of halogens is 2. The number of hydrogen-bond acceptors (Lipinski definition) is 3. The van der Waals surface area contributed by atoms with Gasteiger partial charge in [0.05, 0.1) is 12.8 Å². The molecule has 0 bridgehead atoms. The fraction of sp³-hybridized carbons (Fsp3) is 0.0952. The molecule has 0 radical (unpaired) electrons. The quantitative estimate of drug-likeness (QED) is 0.418. The van der Waals surface area contributed by atoms with E-state index in [2.05, 4.69) is 10.5 Å². The summed E-state index contributed by atoms with van der Waals surface area (Å²) >= 11 is 12.0. The number of nitrogens with one attached hydrogen (secondary N) is 1. The lowest BCUT2D eigenvalue weighted by Gasteiger charge is -2.07. The Labute approximate surface area is 163 Å². The Kier molecular flexibility index (Phi) is 6.53. The van der Waals surface area contributed by atoms with Gasteiger partial charge in [-0.05, 0) is 53.6 Å². The van der Waals surface area contributed by atoms with Gasteiger partial charge in [-0.3, -0.25) is 0 Å². The van der Waals surface area contributed by atoms with Gasteiger partial charge in [0.1, 0.15) is 12.4 Å². The Morgan fingerprint density at radius 3 is 2.35 bits per heavy atom. The molecular formula is C21H18Cl2N2O. The summed E-state index contributed by atoms with van der Waals surface area (Å²) in [5.74, 6) is 0.788. The second-order valence-electron chi connectivity index (χ2n) is 5.67. The Hall–Kier alpha value is -2.49. The van der Waals surface area contributed by atoms with Crippen LogP contribution in [-0.4, -0.2) is 6.21 Å². The predicted molar refractivity (Wildman–Crippen MR) is 108 cm³/mol. The first kappa shape index (κ1) is 18.3. The number of hydrazone groups is 1. The highest BCUT2D eigenvalue weighted by molar-refractivity contribution is 6.31. The topological polar surface area (TPSA) is 33.6 Å². The van der Waals surface area contributed by atoms with Crippen LogP contribution < -0.4 is 10.2 Å². The first-order valence-corrected chi connectivity index (χ1v) is 8.93. The van der Waals surface area contributed by atoms with Crippen LogP contribution in [0.25, 0.3) is 0 Å². The second-order valence-corrected chi connectivity index (χ2v) is 6.51. The highest BCUT2D eigenvalue weighted by Gasteiger charge is 2.00. The molecule has 0 saturated heterocycles. The minimum Gasteiger partial charge on any atom is -0.489 e. The van der Waals surface area contributed by atoms with Crippen molar-refractivity contribution >= 4 is 29.4 Å². The lowest BCUT2D eigenvalue weighted by atomic mass is 10.2. The van der Waals surface area contributed by atoms with E-state index >= 15 is 0 Å². The van der Waals surface area contributed by atoms with Gasteiger partial charge >= 0.3 is 0 Å². The summed E-state index contributed by atoms with van der Waals surface area (Å²) in [7, 11) is 0. The molecule has 0 spiro atoms. The fourth-order valence-corrected chi connectivity index (χ4v) is 2.60. The molecule has 0 aliphatic carbocycles. The second kappa shape index (κ2) is 9.27. The van der Waals surface area contributed by atoms with Crippen molar-refractivity contribution in [1.29, 1.82) is 0 Å². The van der Waals surface area contributed by atoms with Gasteiger partial charge in [-0.25, -0.2) is 0 Å². The summed E-state index contributed by atoms with van der Waals surface area (Å²) in [5, 5.41) is 5.67. The SMILES string of the molecule is Clc1ccc(CN/N=C\c2ccc(OCc3ccccc3Cl)cc2)cc1. The first-order valence-electron chi connectivity index (χ1n) is 8.17. The van der Waals surface area contributed by atoms with E-state index in [0.29, 0.717) is 18.2 Å². The van der Waals surface area contributed by atoms with Crippen molar-refractivity contribution in [2.45, 2.75) is 13.2 Å². The monoisotopic (exact) mass is 384 g/mol. The fourth-order valence-electron chi connectivity index (χ4n) is 2.29. The first-order chi connectivity index (χ1) is 12.7. The van der Waals surface area contributed by atoms with Crippen LogP contribution in [0.4, 0.5) is 0 Å². The molecule has 0 aliphatic heterocycles. The molecule has 0 atom stereocenters. The highest BCUT2D eigenvalue weighted by Crippen LogP contribution is 2.18. The highest BCUT2D eigenvalue weighted by atomic mass is 35.5. The third kappa shape index (κ3) is 5.51. The van der Waals surface area contributed by atoms with Crippen molar-refractivity contribution < 1.29 is 4.74 Å². The van der Waals surface area contributed by atoms with Crippen molar-refractivity contribution in [2.24, 2.45) is 5.10 Å². The Morgan fingerprint density at radius 1 is 0.885 bits per heavy atom. The minimum atomic E-state index is 0.440. The smallest absolute Gasteiger partial charge is 0.119 e. The molecule has 1 N–H and O–H groups in total. The van der Waals surface area contributed by atoms with E-state index in [0.717, 1.165) is 27.5 Å². The van der Waals surface area contributed by atoms with Gasteiger partial charge in [0, 0.05) is 15.6 Å². The largest absolute Gasteiger partial charge is 0.489 e. The summed E-state index contributed by atoms with van der Waals surface area (Å²) in [4.78, 5) is 0. The van der Waals surface area contributed by atoms with Gasteiger partial charge in [-0.15, -0.1) is 0 Å². The van der Waals surface area contributed by atoms with Gasteiger partial charge in [0.2, 0.25) is 0 Å². The third-order valence-corrected chi connectivity index (χ3v) is 4.35. The van der Waals surface area contributed by atoms with Crippen molar-refractivity contribution in [3.63, 3.8) is 0 Å². The molecule has 0 aromatic heterocycles. The van der Waals surface area contributed by atoms with Crippen LogP contribution in [-0.2, 0) is 13.2 Å². The zero-order chi connectivity index (χ0) is 18.2. The van der Waals surface area contributed by atoms with E-state index in [1.54, 1.807) is 6.21 Å². The van der Waals surface area contributed by atoms with Crippen molar-refractivity contribution in [2.75, 3.05) is 0 Å². The van der Waals surface area contributed by atoms with Crippen LogP contribution in [0.5, 0.6) is 5.75 Å². The molecule has 3 nitrogen and oxygen atoms in total. The number of rotatable bonds is 7. The molecule has 0 saturated carbocycles. The molecule has 0 fully saturated rings. The van der Waals surface area contributed by atoms with Crippen molar-refractivity contribution in [3.05, 3.63) is 99.5 Å². The molecule has 0 unspecified atom stereocenters. The van der Waals surface area contributed by atoms with E-state index in [4.69, 9.17) is 27.9 Å². The van der Waals surface area contributed by atoms with Gasteiger partial charge in [-0.1, -0.05) is 53.5 Å². The minimum absolute atomic E-state index is 0.440. The molecule has 0 amide bonds. The van der Waals surface area contributed by atoms with Gasteiger partial charge in [0.25, 0.3) is 0 Å². The Balaban J connectivity index is 1.48. The van der Waals surface area contributed by atoms with Crippen LogP contribution in [0.2, 0.25) is 10.0 Å². The van der Waals surface area contributed by atoms with Crippen LogP contribution in [0.1, 0.15) is 16.7 Å². The van der Waals surface area contributed by atoms with E-state index < -0.39 is 0 Å². The normalized spacial score (nSPS) is 10.8.